The SMILES string of the molecule is C=CC(=O)OCCCCCCOc1ccc(OC(=O)C2CCC(C(=O)Oc3ccc(OC(=O)C4CCC(C(=O)Oc5ccc(OCCCCCCOC(=O)C=C)cc5)CC4)c(CC)c3)CC2)cc1. The molecule has 2 saturated carbocycles. The molecule has 0 saturated heterocycles. The van der Waals surface area contributed by atoms with Gasteiger partial charge >= 0.3 is 35.8 Å². The highest BCUT2D eigenvalue weighted by atomic mass is 16.6. The highest BCUT2D eigenvalue weighted by Crippen LogP contribution is 2.35. The Bertz CT molecular complexity index is 2110. The summed E-state index contributed by atoms with van der Waals surface area (Å²) in [5.74, 6) is -0.583. The van der Waals surface area contributed by atoms with Gasteiger partial charge in [0, 0.05) is 12.2 Å². The zero-order valence-electron chi connectivity index (χ0n) is 39.3. The van der Waals surface area contributed by atoms with E-state index in [1.807, 2.05) is 6.92 Å². The summed E-state index contributed by atoms with van der Waals surface area (Å²) in [7, 11) is 0. The molecule has 3 aromatic carbocycles. The van der Waals surface area contributed by atoms with Gasteiger partial charge < -0.3 is 37.9 Å². The third-order valence-corrected chi connectivity index (χ3v) is 12.2. The summed E-state index contributed by atoms with van der Waals surface area (Å²) >= 11 is 0. The summed E-state index contributed by atoms with van der Waals surface area (Å²) in [5.41, 5.74) is 0.724. The molecule has 0 aromatic heterocycles. The summed E-state index contributed by atoms with van der Waals surface area (Å²) in [6.45, 7) is 10.5. The Labute approximate surface area is 399 Å². The van der Waals surface area contributed by atoms with Crippen LogP contribution in [-0.2, 0) is 44.7 Å². The maximum absolute atomic E-state index is 13.3. The Morgan fingerprint density at radius 1 is 0.441 bits per heavy atom. The fourth-order valence-electron chi connectivity index (χ4n) is 8.08. The van der Waals surface area contributed by atoms with E-state index < -0.39 is 11.9 Å². The van der Waals surface area contributed by atoms with Gasteiger partial charge in [0.1, 0.15) is 34.5 Å². The minimum atomic E-state index is -0.407. The smallest absolute Gasteiger partial charge is 0.330 e. The number of rotatable bonds is 27. The molecule has 0 bridgehead atoms. The van der Waals surface area contributed by atoms with Crippen molar-refractivity contribution in [3.63, 3.8) is 0 Å². The number of hydrogen-bond acceptors (Lipinski definition) is 14. The zero-order chi connectivity index (χ0) is 48.5. The molecule has 0 atom stereocenters. The molecule has 14 heteroatoms. The molecule has 68 heavy (non-hydrogen) atoms. The van der Waals surface area contributed by atoms with Gasteiger partial charge in [-0.2, -0.15) is 0 Å². The molecule has 0 aliphatic heterocycles. The first kappa shape index (κ1) is 52.5. The second-order valence-corrected chi connectivity index (χ2v) is 17.1. The average Bonchev–Trinajstić information content (AvgIpc) is 3.36. The van der Waals surface area contributed by atoms with Crippen LogP contribution in [0.1, 0.15) is 115 Å². The Morgan fingerprint density at radius 2 is 0.765 bits per heavy atom. The lowest BCUT2D eigenvalue weighted by Crippen LogP contribution is -2.30. The Kier molecular flexibility index (Phi) is 22.1. The number of carbonyl (C=O) groups excluding carboxylic acids is 6. The summed E-state index contributed by atoms with van der Waals surface area (Å²) in [4.78, 5) is 74.6. The van der Waals surface area contributed by atoms with Gasteiger partial charge in [-0.15, -0.1) is 0 Å². The molecule has 0 amide bonds. The van der Waals surface area contributed by atoms with E-state index in [-0.39, 0.29) is 47.5 Å². The topological polar surface area (TPSA) is 176 Å². The monoisotopic (exact) mass is 938 g/mol. The highest BCUT2D eigenvalue weighted by Gasteiger charge is 2.34. The Morgan fingerprint density at radius 3 is 1.13 bits per heavy atom. The number of hydrogen-bond donors (Lipinski definition) is 0. The number of aryl methyl sites for hydroxylation is 1. The number of carbonyl (C=O) groups is 6. The van der Waals surface area contributed by atoms with E-state index in [9.17, 15) is 28.8 Å². The molecule has 366 valence electrons. The van der Waals surface area contributed by atoms with E-state index in [1.54, 1.807) is 66.7 Å². The highest BCUT2D eigenvalue weighted by molar-refractivity contribution is 5.82. The maximum atomic E-state index is 13.3. The van der Waals surface area contributed by atoms with Gasteiger partial charge in [0.15, 0.2) is 0 Å². The van der Waals surface area contributed by atoms with Crippen molar-refractivity contribution in [2.75, 3.05) is 26.4 Å². The van der Waals surface area contributed by atoms with Crippen LogP contribution in [0.3, 0.4) is 0 Å². The summed E-state index contributed by atoms with van der Waals surface area (Å²) in [5, 5.41) is 0. The third-order valence-electron chi connectivity index (χ3n) is 12.2. The van der Waals surface area contributed by atoms with Gasteiger partial charge in [-0.1, -0.05) is 20.1 Å². The van der Waals surface area contributed by atoms with Crippen molar-refractivity contribution >= 4 is 35.8 Å². The first-order valence-corrected chi connectivity index (χ1v) is 24.1. The van der Waals surface area contributed by atoms with Crippen LogP contribution < -0.4 is 28.4 Å². The van der Waals surface area contributed by atoms with E-state index in [4.69, 9.17) is 37.9 Å². The van der Waals surface area contributed by atoms with Crippen LogP contribution in [0.15, 0.2) is 92.0 Å². The van der Waals surface area contributed by atoms with Crippen molar-refractivity contribution < 1.29 is 66.7 Å². The van der Waals surface area contributed by atoms with Crippen molar-refractivity contribution in [3.8, 4) is 34.5 Å². The molecule has 0 spiro atoms. The zero-order valence-corrected chi connectivity index (χ0v) is 39.3. The second-order valence-electron chi connectivity index (χ2n) is 17.1. The largest absolute Gasteiger partial charge is 0.494 e. The van der Waals surface area contributed by atoms with Crippen molar-refractivity contribution in [1.82, 2.24) is 0 Å². The standard InChI is InChI=1S/C54H66O14/c1-4-38-37-47(67-53(59)41-17-15-39(16-18-41)51(57)65-45-27-23-43(24-28-45)61-33-11-7-9-13-35-63-49(55)5-2)31-32-48(38)68-54(60)42-21-19-40(20-22-42)52(58)66-46-29-25-44(26-30-46)62-34-12-8-10-14-36-64-50(56)6-3/h5-6,23-32,37,39-42H,2-4,7-22,33-36H2,1H3. The van der Waals surface area contributed by atoms with Crippen LogP contribution in [0.2, 0.25) is 0 Å². The lowest BCUT2D eigenvalue weighted by Gasteiger charge is -2.26. The molecule has 14 nitrogen and oxygen atoms in total. The second kappa shape index (κ2) is 28.7. The first-order valence-electron chi connectivity index (χ1n) is 24.1. The molecular weight excluding hydrogens is 873 g/mol. The van der Waals surface area contributed by atoms with E-state index in [1.165, 1.54) is 0 Å². The molecule has 0 unspecified atom stereocenters. The van der Waals surface area contributed by atoms with Crippen LogP contribution in [0.25, 0.3) is 0 Å². The summed E-state index contributed by atoms with van der Waals surface area (Å²) in [6, 6.07) is 18.9. The molecule has 0 N–H and O–H groups in total. The molecule has 3 aromatic rings. The van der Waals surface area contributed by atoms with Gasteiger partial charge in [0.05, 0.1) is 50.1 Å². The van der Waals surface area contributed by atoms with Crippen molar-refractivity contribution in [2.24, 2.45) is 23.7 Å². The van der Waals surface area contributed by atoms with E-state index in [0.717, 1.165) is 69.1 Å². The maximum Gasteiger partial charge on any atom is 0.330 e. The molecule has 2 aliphatic rings. The average molecular weight is 939 g/mol. The minimum absolute atomic E-state index is 0.326. The van der Waals surface area contributed by atoms with Crippen LogP contribution in [0.5, 0.6) is 34.5 Å². The van der Waals surface area contributed by atoms with Gasteiger partial charge in [0.25, 0.3) is 0 Å². The number of ether oxygens (including phenoxy) is 8. The lowest BCUT2D eigenvalue weighted by atomic mass is 9.82. The number of benzene rings is 3. The molecular formula is C54H66O14. The Hall–Kier alpha value is -6.44. The fourth-order valence-corrected chi connectivity index (χ4v) is 8.08. The van der Waals surface area contributed by atoms with Gasteiger partial charge in [-0.25, -0.2) is 9.59 Å². The molecule has 2 fully saturated rings. The normalized spacial score (nSPS) is 17.7. The molecule has 0 heterocycles. The third kappa shape index (κ3) is 18.0. The van der Waals surface area contributed by atoms with E-state index in [0.29, 0.717) is 119 Å². The van der Waals surface area contributed by atoms with Gasteiger partial charge in [-0.3, -0.25) is 19.2 Å². The van der Waals surface area contributed by atoms with Gasteiger partial charge in [0.2, 0.25) is 0 Å². The van der Waals surface area contributed by atoms with Crippen molar-refractivity contribution in [3.05, 3.63) is 97.6 Å². The first-order chi connectivity index (χ1) is 33.0. The predicted molar refractivity (Wildman–Crippen MR) is 252 cm³/mol. The summed E-state index contributed by atoms with van der Waals surface area (Å²) < 4.78 is 44.5. The van der Waals surface area contributed by atoms with Crippen LogP contribution >= 0.6 is 0 Å². The van der Waals surface area contributed by atoms with Crippen LogP contribution in [0, 0.1) is 23.7 Å². The van der Waals surface area contributed by atoms with E-state index >= 15 is 0 Å². The van der Waals surface area contributed by atoms with Crippen molar-refractivity contribution in [2.45, 2.75) is 116 Å². The number of unbranched alkanes of at least 4 members (excludes halogenated alkanes) is 6. The fraction of sp³-hybridized carbons (Fsp3) is 0.481. The Balaban J connectivity index is 0.948. The predicted octanol–water partition coefficient (Wildman–Crippen LogP) is 10.2. The van der Waals surface area contributed by atoms with E-state index in [2.05, 4.69) is 13.2 Å². The number of esters is 6. The quantitative estimate of drug-likeness (QED) is 0.0305. The van der Waals surface area contributed by atoms with Crippen LogP contribution in [0.4, 0.5) is 0 Å². The van der Waals surface area contributed by atoms with Crippen molar-refractivity contribution in [1.29, 1.82) is 0 Å². The molecule has 2 aliphatic carbocycles. The van der Waals surface area contributed by atoms with Crippen LogP contribution in [-0.4, -0.2) is 62.2 Å². The van der Waals surface area contributed by atoms with Gasteiger partial charge in [-0.05, 0) is 181 Å². The summed E-state index contributed by atoms with van der Waals surface area (Å²) in [6.07, 6.45) is 13.9. The molecule has 5 rings (SSSR count). The minimum Gasteiger partial charge on any atom is -0.494 e. The molecule has 0 radical (unpaired) electrons. The lowest BCUT2D eigenvalue weighted by molar-refractivity contribution is -0.145.